The van der Waals surface area contributed by atoms with E-state index in [-0.39, 0.29) is 17.6 Å². The molecule has 1 fully saturated rings. The quantitative estimate of drug-likeness (QED) is 0.324. The molecule has 9 nitrogen and oxygen atoms in total. The molecule has 0 aliphatic carbocycles. The lowest BCUT2D eigenvalue weighted by Crippen LogP contribution is -2.51. The lowest BCUT2D eigenvalue weighted by atomic mass is 9.99. The van der Waals surface area contributed by atoms with Crippen molar-refractivity contribution in [3.63, 3.8) is 0 Å². The molecule has 38 heavy (non-hydrogen) atoms. The van der Waals surface area contributed by atoms with E-state index in [0.29, 0.717) is 54.2 Å². The lowest BCUT2D eigenvalue weighted by Gasteiger charge is -2.34. The third kappa shape index (κ3) is 4.39. The van der Waals surface area contributed by atoms with Crippen LogP contribution in [0.4, 0.5) is 0 Å². The van der Waals surface area contributed by atoms with Gasteiger partial charge in [-0.15, -0.1) is 0 Å². The third-order valence-electron chi connectivity index (χ3n) is 6.63. The summed E-state index contributed by atoms with van der Waals surface area (Å²) in [7, 11) is 0. The Balaban J connectivity index is 1.16. The summed E-state index contributed by atoms with van der Waals surface area (Å²) in [4.78, 5) is 46.2. The number of nitrogens with zero attached hydrogens (tertiary/aromatic N) is 3. The van der Waals surface area contributed by atoms with Crippen molar-refractivity contribution in [1.82, 2.24) is 14.8 Å². The van der Waals surface area contributed by atoms with Crippen molar-refractivity contribution < 1.29 is 28.0 Å². The highest BCUT2D eigenvalue weighted by Crippen LogP contribution is 2.33. The lowest BCUT2D eigenvalue weighted by molar-refractivity contribution is -0.136. The Hall–Kier alpha value is -4.92. The van der Waals surface area contributed by atoms with E-state index in [0.717, 1.165) is 10.9 Å². The van der Waals surface area contributed by atoms with E-state index in [4.69, 9.17) is 13.6 Å². The fourth-order valence-electron chi connectivity index (χ4n) is 4.69. The predicted octanol–water partition coefficient (Wildman–Crippen LogP) is 4.38. The van der Waals surface area contributed by atoms with Crippen LogP contribution in [0.1, 0.15) is 20.9 Å². The molecule has 5 aromatic rings. The number of hydrogen-bond acceptors (Lipinski definition) is 7. The number of fused-ring (bicyclic) bond motifs is 2. The van der Waals surface area contributed by atoms with Crippen molar-refractivity contribution >= 4 is 39.7 Å². The number of carbonyl (C=O) groups excluding carboxylic acids is 3. The van der Waals surface area contributed by atoms with Crippen LogP contribution in [0.2, 0.25) is 0 Å². The Morgan fingerprint density at radius 3 is 2.37 bits per heavy atom. The van der Waals surface area contributed by atoms with Crippen molar-refractivity contribution in [3.05, 3.63) is 90.4 Å². The molecule has 2 amide bonds. The predicted molar refractivity (Wildman–Crippen MR) is 138 cm³/mol. The minimum Gasteiger partial charge on any atom is -0.459 e. The molecule has 0 N–H and O–H groups in total. The van der Waals surface area contributed by atoms with Crippen LogP contribution in [0.5, 0.6) is 0 Å². The maximum Gasteiger partial charge on any atom is 0.339 e. The van der Waals surface area contributed by atoms with Crippen LogP contribution in [-0.2, 0) is 9.53 Å². The zero-order valence-corrected chi connectivity index (χ0v) is 20.3. The van der Waals surface area contributed by atoms with Crippen LogP contribution in [0, 0.1) is 0 Å². The van der Waals surface area contributed by atoms with Gasteiger partial charge >= 0.3 is 5.97 Å². The number of para-hydroxylation sites is 2. The van der Waals surface area contributed by atoms with E-state index in [2.05, 4.69) is 4.98 Å². The van der Waals surface area contributed by atoms with E-state index in [1.54, 1.807) is 34.1 Å². The fourth-order valence-corrected chi connectivity index (χ4v) is 4.69. The van der Waals surface area contributed by atoms with Gasteiger partial charge in [-0.25, -0.2) is 9.78 Å². The second kappa shape index (κ2) is 9.85. The molecule has 6 rings (SSSR count). The molecular formula is C29H23N3O6. The van der Waals surface area contributed by atoms with Gasteiger partial charge in [-0.3, -0.25) is 9.59 Å². The maximum absolute atomic E-state index is 13.2. The van der Waals surface area contributed by atoms with Crippen LogP contribution >= 0.6 is 0 Å². The first-order valence-electron chi connectivity index (χ1n) is 12.2. The number of rotatable bonds is 5. The Morgan fingerprint density at radius 1 is 0.842 bits per heavy atom. The van der Waals surface area contributed by atoms with Crippen molar-refractivity contribution in [2.24, 2.45) is 0 Å². The molecule has 0 bridgehead atoms. The maximum atomic E-state index is 13.2. The molecule has 1 aliphatic rings. The normalized spacial score (nSPS) is 13.7. The van der Waals surface area contributed by atoms with E-state index < -0.39 is 12.6 Å². The van der Waals surface area contributed by atoms with Crippen LogP contribution in [0.25, 0.3) is 33.3 Å². The second-order valence-corrected chi connectivity index (χ2v) is 8.92. The Bertz CT molecular complexity index is 1610. The second-order valence-electron chi connectivity index (χ2n) is 8.92. The average molecular weight is 510 g/mol. The minimum absolute atomic E-state index is 0.209. The summed E-state index contributed by atoms with van der Waals surface area (Å²) in [5.74, 6) is -0.470. The van der Waals surface area contributed by atoms with E-state index in [9.17, 15) is 14.4 Å². The van der Waals surface area contributed by atoms with Gasteiger partial charge in [0.25, 0.3) is 11.8 Å². The molecule has 3 heterocycles. The number of benzene rings is 3. The monoisotopic (exact) mass is 509 g/mol. The van der Waals surface area contributed by atoms with Gasteiger partial charge in [0.05, 0.1) is 11.8 Å². The first-order chi connectivity index (χ1) is 18.6. The van der Waals surface area contributed by atoms with Gasteiger partial charge in [0.1, 0.15) is 5.52 Å². The molecule has 3 aromatic carbocycles. The van der Waals surface area contributed by atoms with Crippen LogP contribution in [0.15, 0.2) is 87.9 Å². The summed E-state index contributed by atoms with van der Waals surface area (Å²) in [6, 6.07) is 21.7. The number of hydrogen-bond donors (Lipinski definition) is 0. The van der Waals surface area contributed by atoms with Crippen LogP contribution in [0.3, 0.4) is 0 Å². The number of amides is 2. The smallest absolute Gasteiger partial charge is 0.339 e. The summed E-state index contributed by atoms with van der Waals surface area (Å²) < 4.78 is 16.6. The van der Waals surface area contributed by atoms with Gasteiger partial charge in [-0.05, 0) is 41.8 Å². The third-order valence-corrected chi connectivity index (χ3v) is 6.63. The number of furan rings is 1. The zero-order chi connectivity index (χ0) is 26.1. The molecule has 0 saturated carbocycles. The molecule has 0 atom stereocenters. The van der Waals surface area contributed by atoms with E-state index in [1.807, 2.05) is 48.5 Å². The van der Waals surface area contributed by atoms with Gasteiger partial charge < -0.3 is 23.4 Å². The number of carbonyl (C=O) groups is 3. The summed E-state index contributed by atoms with van der Waals surface area (Å²) in [5, 5.41) is 1.46. The molecule has 0 radical (unpaired) electrons. The largest absolute Gasteiger partial charge is 0.459 e. The molecule has 190 valence electrons. The highest BCUT2D eigenvalue weighted by Gasteiger charge is 2.27. The summed E-state index contributed by atoms with van der Waals surface area (Å²) >= 11 is 0. The van der Waals surface area contributed by atoms with E-state index in [1.165, 1.54) is 6.26 Å². The van der Waals surface area contributed by atoms with Crippen LogP contribution in [-0.4, -0.2) is 65.4 Å². The highest BCUT2D eigenvalue weighted by atomic mass is 16.5. The number of esters is 1. The Morgan fingerprint density at radius 2 is 1.61 bits per heavy atom. The van der Waals surface area contributed by atoms with Crippen molar-refractivity contribution in [1.29, 1.82) is 0 Å². The van der Waals surface area contributed by atoms with Crippen molar-refractivity contribution in [2.45, 2.75) is 0 Å². The van der Waals surface area contributed by atoms with Crippen molar-refractivity contribution in [2.75, 3.05) is 32.8 Å². The number of aromatic nitrogens is 1. The van der Waals surface area contributed by atoms with Gasteiger partial charge in [0.15, 0.2) is 18.0 Å². The van der Waals surface area contributed by atoms with Gasteiger partial charge in [0.2, 0.25) is 5.89 Å². The molecule has 9 heteroatoms. The van der Waals surface area contributed by atoms with Crippen molar-refractivity contribution in [3.8, 4) is 11.5 Å². The van der Waals surface area contributed by atoms with Gasteiger partial charge in [-0.1, -0.05) is 36.4 Å². The summed E-state index contributed by atoms with van der Waals surface area (Å²) in [5.41, 5.74) is 2.35. The zero-order valence-electron chi connectivity index (χ0n) is 20.3. The number of piperazine rings is 1. The summed E-state index contributed by atoms with van der Waals surface area (Å²) in [6.07, 6.45) is 1.45. The summed E-state index contributed by atoms with van der Waals surface area (Å²) in [6.45, 7) is 1.04. The first-order valence-corrected chi connectivity index (χ1v) is 12.2. The van der Waals surface area contributed by atoms with Gasteiger partial charge in [0, 0.05) is 37.1 Å². The van der Waals surface area contributed by atoms with Crippen LogP contribution < -0.4 is 0 Å². The molecular weight excluding hydrogens is 486 g/mol. The number of oxazole rings is 1. The minimum atomic E-state index is -0.612. The average Bonchev–Trinajstić information content (AvgIpc) is 3.65. The Labute approximate surface area is 217 Å². The fraction of sp³-hybridized carbons (Fsp3) is 0.172. The first kappa shape index (κ1) is 23.5. The molecule has 0 unspecified atom stereocenters. The molecule has 1 saturated heterocycles. The highest BCUT2D eigenvalue weighted by molar-refractivity contribution is 6.10. The van der Waals surface area contributed by atoms with E-state index >= 15 is 0 Å². The number of ether oxygens (including phenoxy) is 1. The van der Waals surface area contributed by atoms with Gasteiger partial charge in [-0.2, -0.15) is 0 Å². The topological polar surface area (TPSA) is 106 Å². The molecule has 1 aliphatic heterocycles. The standard InChI is InChI=1S/C29H23N3O6/c33-25(31-13-15-32(16-14-31)28(34)24-12-5-17-36-24)18-37-29(35)21-9-4-7-19-6-3-8-20(26(19)21)27-30-22-10-1-2-11-23(22)38-27/h1-12,17H,13-16,18H2. The molecule has 2 aromatic heterocycles. The molecule has 0 spiro atoms. The SMILES string of the molecule is O=C(OCC(=O)N1CCN(C(=O)c2ccco2)CC1)c1cccc2cccc(-c3nc4ccccc4o3)c12. The Kier molecular flexibility index (Phi) is 6.09.